The molecule has 2 rings (SSSR count). The van der Waals surface area contributed by atoms with E-state index in [-0.39, 0.29) is 0 Å². The molecule has 15 heavy (non-hydrogen) atoms. The van der Waals surface area contributed by atoms with Gasteiger partial charge in [0.25, 0.3) is 0 Å². The van der Waals surface area contributed by atoms with Crippen molar-refractivity contribution in [1.82, 2.24) is 15.2 Å². The number of aromatic amines is 1. The van der Waals surface area contributed by atoms with Crippen molar-refractivity contribution in [2.24, 2.45) is 0 Å². The molecule has 0 spiro atoms. The highest BCUT2D eigenvalue weighted by atomic mass is 32.1. The van der Waals surface area contributed by atoms with E-state index in [2.05, 4.69) is 15.2 Å². The average molecular weight is 223 g/mol. The van der Waals surface area contributed by atoms with Crippen molar-refractivity contribution in [2.75, 3.05) is 24.7 Å². The predicted octanol–water partition coefficient (Wildman–Crippen LogP) is 1.49. The van der Waals surface area contributed by atoms with Crippen LogP contribution in [0.25, 0.3) is 10.6 Å². The summed E-state index contributed by atoms with van der Waals surface area (Å²) in [5.74, 6) is 0. The van der Waals surface area contributed by atoms with Crippen LogP contribution < -0.4 is 10.6 Å². The van der Waals surface area contributed by atoms with Crippen molar-refractivity contribution in [3.8, 4) is 10.6 Å². The topological polar surface area (TPSA) is 70.8 Å². The van der Waals surface area contributed by atoms with E-state index in [4.69, 9.17) is 5.73 Å². The number of rotatable bonds is 2. The highest BCUT2D eigenvalue weighted by Crippen LogP contribution is 2.35. The van der Waals surface area contributed by atoms with Gasteiger partial charge < -0.3 is 10.6 Å². The van der Waals surface area contributed by atoms with E-state index in [0.29, 0.717) is 5.69 Å². The second kappa shape index (κ2) is 3.54. The maximum Gasteiger partial charge on any atom is 0.185 e. The summed E-state index contributed by atoms with van der Waals surface area (Å²) in [5.41, 5.74) is 8.29. The lowest BCUT2D eigenvalue weighted by atomic mass is 10.3. The summed E-state index contributed by atoms with van der Waals surface area (Å²) in [5, 5.41) is 7.77. The largest absolute Gasteiger partial charge is 0.396 e. The number of hydrogen-bond acceptors (Lipinski definition) is 5. The summed E-state index contributed by atoms with van der Waals surface area (Å²) in [6, 6.07) is 0. The summed E-state index contributed by atoms with van der Waals surface area (Å²) in [6.45, 7) is 1.97. The fourth-order valence-electron chi connectivity index (χ4n) is 1.28. The van der Waals surface area contributed by atoms with E-state index < -0.39 is 0 Å². The number of nitrogens with two attached hydrogens (primary N) is 1. The third kappa shape index (κ3) is 1.68. The summed E-state index contributed by atoms with van der Waals surface area (Å²) >= 11 is 1.60. The number of thiazole rings is 1. The Morgan fingerprint density at radius 1 is 1.47 bits per heavy atom. The zero-order chi connectivity index (χ0) is 11.0. The van der Waals surface area contributed by atoms with E-state index in [1.807, 2.05) is 25.9 Å². The second-order valence-corrected chi connectivity index (χ2v) is 4.48. The van der Waals surface area contributed by atoms with Crippen molar-refractivity contribution < 1.29 is 0 Å². The molecule has 0 radical (unpaired) electrons. The van der Waals surface area contributed by atoms with Crippen LogP contribution in [0.3, 0.4) is 0 Å². The van der Waals surface area contributed by atoms with E-state index in [1.165, 1.54) is 0 Å². The van der Waals surface area contributed by atoms with Gasteiger partial charge >= 0.3 is 0 Å². The van der Waals surface area contributed by atoms with Gasteiger partial charge in [-0.05, 0) is 6.92 Å². The molecule has 0 unspecified atom stereocenters. The Labute approximate surface area is 91.9 Å². The van der Waals surface area contributed by atoms with Crippen LogP contribution in [0.2, 0.25) is 0 Å². The standard InChI is InChI=1S/C9H13N5S/c1-5-8(7-6(10)4-11-13-7)15-9(12-5)14(2)3/h4H,10H2,1-3H3,(H,11,13). The molecule has 0 aliphatic carbocycles. The molecule has 2 aromatic rings. The average Bonchev–Trinajstić information content (AvgIpc) is 2.71. The molecule has 6 heteroatoms. The minimum absolute atomic E-state index is 0.659. The first-order chi connectivity index (χ1) is 7.09. The fraction of sp³-hybridized carbons (Fsp3) is 0.333. The molecular formula is C9H13N5S. The molecule has 0 aliphatic rings. The molecule has 0 atom stereocenters. The Balaban J connectivity index is 2.50. The molecule has 0 saturated carbocycles. The van der Waals surface area contributed by atoms with Crippen molar-refractivity contribution in [1.29, 1.82) is 0 Å². The Morgan fingerprint density at radius 3 is 2.67 bits per heavy atom. The number of anilines is 2. The lowest BCUT2D eigenvalue weighted by molar-refractivity contribution is 1.08. The number of aryl methyl sites for hydroxylation is 1. The molecule has 0 aliphatic heterocycles. The quantitative estimate of drug-likeness (QED) is 0.809. The van der Waals surface area contributed by atoms with Crippen LogP contribution >= 0.6 is 11.3 Å². The van der Waals surface area contributed by atoms with Crippen LogP contribution in [0, 0.1) is 6.92 Å². The number of aromatic nitrogens is 3. The van der Waals surface area contributed by atoms with E-state index >= 15 is 0 Å². The summed E-state index contributed by atoms with van der Waals surface area (Å²) in [6.07, 6.45) is 1.61. The maximum atomic E-state index is 5.80. The van der Waals surface area contributed by atoms with Crippen molar-refractivity contribution in [3.05, 3.63) is 11.9 Å². The second-order valence-electron chi connectivity index (χ2n) is 3.51. The minimum atomic E-state index is 0.659. The van der Waals surface area contributed by atoms with Crippen molar-refractivity contribution in [3.63, 3.8) is 0 Å². The molecule has 3 N–H and O–H groups in total. The highest BCUT2D eigenvalue weighted by molar-refractivity contribution is 7.19. The van der Waals surface area contributed by atoms with E-state index in [1.54, 1.807) is 17.5 Å². The lowest BCUT2D eigenvalue weighted by Crippen LogP contribution is -2.07. The van der Waals surface area contributed by atoms with E-state index in [0.717, 1.165) is 21.4 Å². The molecule has 0 aromatic carbocycles. The molecule has 0 amide bonds. The van der Waals surface area contributed by atoms with Gasteiger partial charge in [-0.2, -0.15) is 5.10 Å². The van der Waals surface area contributed by atoms with Gasteiger partial charge in [-0.25, -0.2) is 4.98 Å². The summed E-state index contributed by atoms with van der Waals surface area (Å²) < 4.78 is 0. The van der Waals surface area contributed by atoms with Crippen molar-refractivity contribution in [2.45, 2.75) is 6.92 Å². The van der Waals surface area contributed by atoms with Gasteiger partial charge in [0.05, 0.1) is 28.1 Å². The van der Waals surface area contributed by atoms with Crippen LogP contribution in [0.4, 0.5) is 10.8 Å². The molecule has 0 fully saturated rings. The van der Waals surface area contributed by atoms with Gasteiger partial charge in [-0.15, -0.1) is 0 Å². The first kappa shape index (κ1) is 9.97. The van der Waals surface area contributed by atoms with Crippen LogP contribution in [0.15, 0.2) is 6.20 Å². The Bertz CT molecular complexity index is 471. The zero-order valence-electron chi connectivity index (χ0n) is 8.90. The van der Waals surface area contributed by atoms with Gasteiger partial charge in [0.2, 0.25) is 0 Å². The number of nitrogens with one attached hydrogen (secondary N) is 1. The molecule has 2 aromatic heterocycles. The van der Waals surface area contributed by atoms with Crippen LogP contribution in [0.1, 0.15) is 5.69 Å². The van der Waals surface area contributed by atoms with Gasteiger partial charge in [0.1, 0.15) is 0 Å². The first-order valence-corrected chi connectivity index (χ1v) is 5.35. The first-order valence-electron chi connectivity index (χ1n) is 4.53. The van der Waals surface area contributed by atoms with Gasteiger partial charge in [0, 0.05) is 14.1 Å². The summed E-state index contributed by atoms with van der Waals surface area (Å²) in [4.78, 5) is 7.48. The third-order valence-electron chi connectivity index (χ3n) is 2.06. The minimum Gasteiger partial charge on any atom is -0.396 e. The normalized spacial score (nSPS) is 10.6. The Hall–Kier alpha value is -1.56. The number of hydrogen-bond donors (Lipinski definition) is 2. The third-order valence-corrected chi connectivity index (χ3v) is 3.41. The SMILES string of the molecule is Cc1nc(N(C)C)sc1-c1[nH]ncc1N. The van der Waals surface area contributed by atoms with Crippen LogP contribution in [0.5, 0.6) is 0 Å². The van der Waals surface area contributed by atoms with Crippen molar-refractivity contribution >= 4 is 22.2 Å². The molecule has 0 bridgehead atoms. The summed E-state index contributed by atoms with van der Waals surface area (Å²) in [7, 11) is 3.94. The van der Waals surface area contributed by atoms with Crippen LogP contribution in [-0.2, 0) is 0 Å². The van der Waals surface area contributed by atoms with Gasteiger partial charge in [0.15, 0.2) is 5.13 Å². The Morgan fingerprint density at radius 2 is 2.20 bits per heavy atom. The molecule has 0 saturated heterocycles. The molecule has 80 valence electrons. The molecule has 2 heterocycles. The van der Waals surface area contributed by atoms with Gasteiger partial charge in [-0.3, -0.25) is 5.10 Å². The molecule has 5 nitrogen and oxygen atoms in total. The van der Waals surface area contributed by atoms with E-state index in [9.17, 15) is 0 Å². The number of nitrogens with zero attached hydrogens (tertiary/aromatic N) is 3. The predicted molar refractivity (Wildman–Crippen MR) is 63.2 cm³/mol. The smallest absolute Gasteiger partial charge is 0.185 e. The number of H-pyrrole nitrogens is 1. The fourth-order valence-corrected chi connectivity index (χ4v) is 2.29. The maximum absolute atomic E-state index is 5.80. The highest BCUT2D eigenvalue weighted by Gasteiger charge is 2.14. The van der Waals surface area contributed by atoms with Gasteiger partial charge in [-0.1, -0.05) is 11.3 Å². The monoisotopic (exact) mass is 223 g/mol. The number of nitrogen functional groups attached to an aromatic ring is 1. The zero-order valence-corrected chi connectivity index (χ0v) is 9.72. The molecular weight excluding hydrogens is 210 g/mol. The van der Waals surface area contributed by atoms with Crippen LogP contribution in [-0.4, -0.2) is 29.3 Å². The lowest BCUT2D eigenvalue weighted by Gasteiger charge is -2.05. The Kier molecular flexibility index (Phi) is 2.36.